The highest BCUT2D eigenvalue weighted by Gasteiger charge is 2.10. The number of carbonyl (C=O) groups excluding carboxylic acids is 1. The van der Waals surface area contributed by atoms with Crippen LogP contribution in [0.2, 0.25) is 0 Å². The normalized spacial score (nSPS) is 20.0. The number of primary amides is 1. The van der Waals surface area contributed by atoms with Crippen LogP contribution in [-0.2, 0) is 4.79 Å². The van der Waals surface area contributed by atoms with E-state index in [1.54, 1.807) is 6.21 Å². The number of carbonyl (C=O) groups is 1. The molecule has 12 heavy (non-hydrogen) atoms. The average molecular weight is 168 g/mol. The SMILES string of the molecule is NC(=O)CC=NC1CCCCC1. The smallest absolute Gasteiger partial charge is 0.222 e. The average Bonchev–Trinajstić information content (AvgIpc) is 2.05. The van der Waals surface area contributed by atoms with Crippen molar-refractivity contribution in [1.29, 1.82) is 0 Å². The zero-order chi connectivity index (χ0) is 8.81. The summed E-state index contributed by atoms with van der Waals surface area (Å²) in [5, 5.41) is 0. The van der Waals surface area contributed by atoms with E-state index in [-0.39, 0.29) is 12.3 Å². The van der Waals surface area contributed by atoms with Crippen LogP contribution in [0.3, 0.4) is 0 Å². The highest BCUT2D eigenvalue weighted by molar-refractivity contribution is 5.88. The number of nitrogens with two attached hydrogens (primary N) is 1. The molecule has 0 aromatic carbocycles. The van der Waals surface area contributed by atoms with E-state index in [1.807, 2.05) is 0 Å². The molecule has 0 radical (unpaired) electrons. The Kier molecular flexibility index (Phi) is 3.77. The first-order valence-electron chi connectivity index (χ1n) is 4.59. The van der Waals surface area contributed by atoms with Gasteiger partial charge in [0.05, 0.1) is 6.42 Å². The van der Waals surface area contributed by atoms with Crippen molar-refractivity contribution in [2.24, 2.45) is 10.7 Å². The first-order chi connectivity index (χ1) is 5.79. The zero-order valence-electron chi connectivity index (χ0n) is 7.33. The summed E-state index contributed by atoms with van der Waals surface area (Å²) in [5.74, 6) is -0.297. The molecule has 0 aliphatic heterocycles. The second-order valence-corrected chi connectivity index (χ2v) is 3.29. The Hall–Kier alpha value is -0.860. The fourth-order valence-electron chi connectivity index (χ4n) is 1.52. The standard InChI is InChI=1S/C9H16N2O/c10-9(12)6-7-11-8-4-2-1-3-5-8/h7-8H,1-6H2,(H2,10,12). The summed E-state index contributed by atoms with van der Waals surface area (Å²) in [6.45, 7) is 0. The second-order valence-electron chi connectivity index (χ2n) is 3.29. The van der Waals surface area contributed by atoms with E-state index < -0.39 is 0 Å². The van der Waals surface area contributed by atoms with Crippen molar-refractivity contribution in [3.05, 3.63) is 0 Å². The van der Waals surface area contributed by atoms with Gasteiger partial charge in [-0.15, -0.1) is 0 Å². The van der Waals surface area contributed by atoms with Gasteiger partial charge in [-0.05, 0) is 12.8 Å². The Balaban J connectivity index is 2.19. The van der Waals surface area contributed by atoms with E-state index in [9.17, 15) is 4.79 Å². The summed E-state index contributed by atoms with van der Waals surface area (Å²) in [5.41, 5.74) is 4.98. The number of amides is 1. The van der Waals surface area contributed by atoms with Crippen LogP contribution in [0.5, 0.6) is 0 Å². The lowest BCUT2D eigenvalue weighted by Crippen LogP contribution is -2.13. The molecule has 0 spiro atoms. The van der Waals surface area contributed by atoms with Gasteiger partial charge in [0.2, 0.25) is 5.91 Å². The van der Waals surface area contributed by atoms with Crippen molar-refractivity contribution in [2.75, 3.05) is 0 Å². The summed E-state index contributed by atoms with van der Waals surface area (Å²) in [6, 6.07) is 0.457. The Morgan fingerprint density at radius 1 is 1.42 bits per heavy atom. The van der Waals surface area contributed by atoms with Gasteiger partial charge in [-0.1, -0.05) is 19.3 Å². The molecule has 1 aliphatic carbocycles. The maximum absolute atomic E-state index is 10.4. The van der Waals surface area contributed by atoms with Gasteiger partial charge in [-0.3, -0.25) is 9.79 Å². The van der Waals surface area contributed by atoms with Crippen LogP contribution in [0.25, 0.3) is 0 Å². The Morgan fingerprint density at radius 2 is 2.08 bits per heavy atom. The minimum absolute atomic E-state index is 0.288. The molecule has 2 N–H and O–H groups in total. The number of hydrogen-bond acceptors (Lipinski definition) is 2. The van der Waals surface area contributed by atoms with Crippen LogP contribution in [-0.4, -0.2) is 18.2 Å². The van der Waals surface area contributed by atoms with Gasteiger partial charge in [0.25, 0.3) is 0 Å². The van der Waals surface area contributed by atoms with E-state index in [0.717, 1.165) is 0 Å². The molecule has 1 amide bonds. The molecule has 1 rings (SSSR count). The molecule has 0 bridgehead atoms. The van der Waals surface area contributed by atoms with E-state index in [0.29, 0.717) is 6.04 Å². The molecule has 3 heteroatoms. The van der Waals surface area contributed by atoms with Gasteiger partial charge < -0.3 is 5.73 Å². The fraction of sp³-hybridized carbons (Fsp3) is 0.778. The van der Waals surface area contributed by atoms with Gasteiger partial charge in [-0.2, -0.15) is 0 Å². The first-order valence-corrected chi connectivity index (χ1v) is 4.59. The minimum Gasteiger partial charge on any atom is -0.369 e. The third-order valence-corrected chi connectivity index (χ3v) is 2.18. The molecule has 68 valence electrons. The minimum atomic E-state index is -0.297. The number of rotatable bonds is 3. The van der Waals surface area contributed by atoms with E-state index in [2.05, 4.69) is 4.99 Å². The van der Waals surface area contributed by atoms with Crippen molar-refractivity contribution in [2.45, 2.75) is 44.6 Å². The molecule has 0 aromatic rings. The molecule has 0 atom stereocenters. The summed E-state index contributed by atoms with van der Waals surface area (Å²) in [7, 11) is 0. The van der Waals surface area contributed by atoms with E-state index in [1.165, 1.54) is 32.1 Å². The zero-order valence-corrected chi connectivity index (χ0v) is 7.33. The summed E-state index contributed by atoms with van der Waals surface area (Å²) in [6.07, 6.45) is 8.19. The van der Waals surface area contributed by atoms with Crippen LogP contribution >= 0.6 is 0 Å². The van der Waals surface area contributed by atoms with Crippen LogP contribution < -0.4 is 5.73 Å². The monoisotopic (exact) mass is 168 g/mol. The summed E-state index contributed by atoms with van der Waals surface area (Å²) >= 11 is 0. The van der Waals surface area contributed by atoms with Crippen molar-refractivity contribution in [3.63, 3.8) is 0 Å². The van der Waals surface area contributed by atoms with Crippen molar-refractivity contribution in [1.82, 2.24) is 0 Å². The number of nitrogens with zero attached hydrogens (tertiary/aromatic N) is 1. The number of aliphatic imine (C=N–C) groups is 1. The molecule has 0 aromatic heterocycles. The third-order valence-electron chi connectivity index (χ3n) is 2.18. The van der Waals surface area contributed by atoms with Crippen LogP contribution in [0.15, 0.2) is 4.99 Å². The van der Waals surface area contributed by atoms with Gasteiger partial charge in [0.15, 0.2) is 0 Å². The molecular formula is C9H16N2O. The van der Waals surface area contributed by atoms with Crippen LogP contribution in [0, 0.1) is 0 Å². The Bertz CT molecular complexity index is 171. The summed E-state index contributed by atoms with van der Waals surface area (Å²) in [4.78, 5) is 14.7. The van der Waals surface area contributed by atoms with Gasteiger partial charge in [0, 0.05) is 12.3 Å². The number of hydrogen-bond donors (Lipinski definition) is 1. The quantitative estimate of drug-likeness (QED) is 0.634. The van der Waals surface area contributed by atoms with Crippen molar-refractivity contribution >= 4 is 12.1 Å². The molecule has 0 unspecified atom stereocenters. The first kappa shape index (κ1) is 9.23. The molecule has 1 aliphatic rings. The summed E-state index contributed by atoms with van der Waals surface area (Å²) < 4.78 is 0. The topological polar surface area (TPSA) is 55.5 Å². The largest absolute Gasteiger partial charge is 0.369 e. The fourth-order valence-corrected chi connectivity index (χ4v) is 1.52. The molecule has 1 saturated carbocycles. The molecule has 1 fully saturated rings. The van der Waals surface area contributed by atoms with Gasteiger partial charge in [0.1, 0.15) is 0 Å². The Labute approximate surface area is 73.0 Å². The van der Waals surface area contributed by atoms with Crippen LogP contribution in [0.4, 0.5) is 0 Å². The molecule has 3 nitrogen and oxygen atoms in total. The van der Waals surface area contributed by atoms with E-state index in [4.69, 9.17) is 5.73 Å². The van der Waals surface area contributed by atoms with E-state index >= 15 is 0 Å². The molecular weight excluding hydrogens is 152 g/mol. The highest BCUT2D eigenvalue weighted by Crippen LogP contribution is 2.19. The lowest BCUT2D eigenvalue weighted by Gasteiger charge is -2.16. The predicted octanol–water partition coefficient (Wildman–Crippen LogP) is 1.27. The maximum Gasteiger partial charge on any atom is 0.222 e. The molecule has 0 heterocycles. The second kappa shape index (κ2) is 4.91. The third kappa shape index (κ3) is 3.51. The lowest BCUT2D eigenvalue weighted by atomic mass is 9.96. The molecule has 0 saturated heterocycles. The maximum atomic E-state index is 10.4. The van der Waals surface area contributed by atoms with Crippen LogP contribution in [0.1, 0.15) is 38.5 Å². The Morgan fingerprint density at radius 3 is 2.67 bits per heavy atom. The highest BCUT2D eigenvalue weighted by atomic mass is 16.1. The van der Waals surface area contributed by atoms with Gasteiger partial charge in [-0.25, -0.2) is 0 Å². The lowest BCUT2D eigenvalue weighted by molar-refractivity contribution is -0.116. The predicted molar refractivity (Wildman–Crippen MR) is 49.2 cm³/mol. The van der Waals surface area contributed by atoms with Crippen molar-refractivity contribution < 1.29 is 4.79 Å². The van der Waals surface area contributed by atoms with Crippen molar-refractivity contribution in [3.8, 4) is 0 Å². The van der Waals surface area contributed by atoms with Gasteiger partial charge >= 0.3 is 0 Å².